The van der Waals surface area contributed by atoms with Gasteiger partial charge < -0.3 is 4.74 Å². The Kier molecular flexibility index (Phi) is 5.72. The molecule has 0 amide bonds. The molecule has 1 N–H and O–H groups in total. The van der Waals surface area contributed by atoms with Crippen molar-refractivity contribution in [3.63, 3.8) is 0 Å². The quantitative estimate of drug-likeness (QED) is 0.381. The lowest BCUT2D eigenvalue weighted by molar-refractivity contribution is 0.150. The van der Waals surface area contributed by atoms with Gasteiger partial charge in [0.25, 0.3) is 6.43 Å². The number of rotatable bonds is 7. The van der Waals surface area contributed by atoms with Crippen LogP contribution in [0.3, 0.4) is 0 Å². The van der Waals surface area contributed by atoms with Crippen LogP contribution < -0.4 is 9.46 Å². The highest BCUT2D eigenvalue weighted by atomic mass is 32.2. The van der Waals surface area contributed by atoms with Crippen molar-refractivity contribution in [1.82, 2.24) is 15.0 Å². The highest BCUT2D eigenvalue weighted by Crippen LogP contribution is 2.47. The van der Waals surface area contributed by atoms with E-state index in [1.165, 1.54) is 19.5 Å². The predicted octanol–water partition coefficient (Wildman–Crippen LogP) is 5.65. The summed E-state index contributed by atoms with van der Waals surface area (Å²) in [5.74, 6) is 0.957. The number of halogens is 2. The molecular formula is C24H20F2N4O2S. The van der Waals surface area contributed by atoms with Gasteiger partial charge in [-0.3, -0.25) is 9.71 Å². The maximum Gasteiger partial charge on any atom is 0.264 e. The second-order valence-corrected chi connectivity index (χ2v) is 8.98. The van der Waals surface area contributed by atoms with E-state index in [0.717, 1.165) is 23.6 Å². The lowest BCUT2D eigenvalue weighted by atomic mass is 9.95. The van der Waals surface area contributed by atoms with Crippen LogP contribution in [0.5, 0.6) is 5.75 Å². The fraction of sp³-hybridized carbons (Fsp3) is 0.208. The molecule has 9 heteroatoms. The third-order valence-electron chi connectivity index (χ3n) is 5.64. The fourth-order valence-electron chi connectivity index (χ4n) is 3.89. The minimum absolute atomic E-state index is 0.0202. The van der Waals surface area contributed by atoms with Crippen molar-refractivity contribution in [1.29, 1.82) is 0 Å². The summed E-state index contributed by atoms with van der Waals surface area (Å²) in [5, 5.41) is 1.63. The van der Waals surface area contributed by atoms with Crippen molar-refractivity contribution < 1.29 is 17.7 Å². The van der Waals surface area contributed by atoms with Crippen molar-refractivity contribution in [2.24, 2.45) is 0 Å². The number of hydrogen-bond acceptors (Lipinski definition) is 5. The topological polar surface area (TPSA) is 77.0 Å². The molecule has 0 saturated heterocycles. The Morgan fingerprint density at radius 2 is 1.94 bits per heavy atom. The van der Waals surface area contributed by atoms with E-state index in [2.05, 4.69) is 19.7 Å². The first-order chi connectivity index (χ1) is 16.0. The molecule has 2 aromatic carbocycles. The van der Waals surface area contributed by atoms with Gasteiger partial charge in [0.1, 0.15) is 17.9 Å². The molecule has 168 valence electrons. The molecule has 1 fully saturated rings. The second-order valence-electron chi connectivity index (χ2n) is 7.76. The molecule has 0 spiro atoms. The molecule has 0 aliphatic heterocycles. The molecule has 1 aliphatic rings. The number of benzene rings is 2. The van der Waals surface area contributed by atoms with Gasteiger partial charge >= 0.3 is 0 Å². The Morgan fingerprint density at radius 3 is 2.64 bits per heavy atom. The minimum atomic E-state index is -2.57. The summed E-state index contributed by atoms with van der Waals surface area (Å²) in [6, 6.07) is 12.1. The average molecular weight is 467 g/mol. The molecule has 1 saturated carbocycles. The molecule has 5 rings (SSSR count). The van der Waals surface area contributed by atoms with E-state index in [1.807, 2.05) is 18.2 Å². The van der Waals surface area contributed by atoms with Crippen LogP contribution in [-0.4, -0.2) is 26.3 Å². The lowest BCUT2D eigenvalue weighted by Crippen LogP contribution is -2.06. The number of ether oxygens (including phenoxy) is 1. The summed E-state index contributed by atoms with van der Waals surface area (Å²) < 4.78 is 48.5. The molecule has 0 radical (unpaired) electrons. The number of anilines is 1. The van der Waals surface area contributed by atoms with Gasteiger partial charge in [-0.05, 0) is 66.1 Å². The largest absolute Gasteiger partial charge is 0.496 e. The number of methoxy groups -OCH3 is 1. The van der Waals surface area contributed by atoms with Gasteiger partial charge in [0.15, 0.2) is 11.0 Å². The number of aromatic nitrogens is 3. The Hall–Kier alpha value is -3.46. The Balaban J connectivity index is 1.57. The van der Waals surface area contributed by atoms with Gasteiger partial charge in [0.2, 0.25) is 0 Å². The van der Waals surface area contributed by atoms with E-state index in [4.69, 9.17) is 4.74 Å². The smallest absolute Gasteiger partial charge is 0.264 e. The summed E-state index contributed by atoms with van der Waals surface area (Å²) >= 11 is 0. The highest BCUT2D eigenvalue weighted by Gasteiger charge is 2.30. The van der Waals surface area contributed by atoms with Gasteiger partial charge in [-0.25, -0.2) is 23.0 Å². The highest BCUT2D eigenvalue weighted by molar-refractivity contribution is 7.86. The van der Waals surface area contributed by atoms with Crippen LogP contribution in [0.1, 0.15) is 36.3 Å². The van der Waals surface area contributed by atoms with E-state index in [-0.39, 0.29) is 11.5 Å². The zero-order chi connectivity index (χ0) is 22.9. The standard InChI is InChI=1S/C24H20F2N4O2S/c1-32-21-12-19(24(25)26)18(14-2-3-14)11-20(21)23-17-5-4-16(10-15(17)6-9-28-23)33(31)30-22-7-8-27-13-29-22/h4-14,24H,2-3H2,1H3,(H,27,29,30). The fourth-order valence-corrected chi connectivity index (χ4v) is 4.75. The predicted molar refractivity (Wildman–Crippen MR) is 123 cm³/mol. The summed E-state index contributed by atoms with van der Waals surface area (Å²) in [7, 11) is -0.0579. The first-order valence-electron chi connectivity index (χ1n) is 10.4. The molecule has 2 aromatic heterocycles. The number of pyridine rings is 1. The SMILES string of the molecule is COc1cc(C(F)F)c(C2CC2)cc1-c1nccc2cc(S(=O)Nc3ccncn3)ccc12. The molecule has 2 heterocycles. The molecule has 6 nitrogen and oxygen atoms in total. The Bertz CT molecular complexity index is 1350. The summed E-state index contributed by atoms with van der Waals surface area (Å²) in [5.41, 5.74) is 1.98. The molecule has 4 aromatic rings. The van der Waals surface area contributed by atoms with Crippen LogP contribution in [0.2, 0.25) is 0 Å². The van der Waals surface area contributed by atoms with Gasteiger partial charge in [-0.2, -0.15) is 0 Å². The van der Waals surface area contributed by atoms with Crippen molar-refractivity contribution in [2.75, 3.05) is 11.8 Å². The average Bonchev–Trinajstić information content (AvgIpc) is 3.68. The van der Waals surface area contributed by atoms with E-state index >= 15 is 0 Å². The molecule has 0 bridgehead atoms. The summed E-state index contributed by atoms with van der Waals surface area (Å²) in [4.78, 5) is 13.0. The molecule has 33 heavy (non-hydrogen) atoms. The first kappa shape index (κ1) is 21.4. The molecule has 1 aliphatic carbocycles. The van der Waals surface area contributed by atoms with Crippen molar-refractivity contribution >= 4 is 27.6 Å². The molecule has 1 atom stereocenters. The second kappa shape index (κ2) is 8.82. The Labute approximate surface area is 191 Å². The third-order valence-corrected chi connectivity index (χ3v) is 6.72. The minimum Gasteiger partial charge on any atom is -0.496 e. The maximum atomic E-state index is 13.7. The van der Waals surface area contributed by atoms with Crippen LogP contribution in [0, 0.1) is 0 Å². The van der Waals surface area contributed by atoms with Crippen molar-refractivity contribution in [3.8, 4) is 17.0 Å². The van der Waals surface area contributed by atoms with Gasteiger partial charge in [0.05, 0.1) is 17.7 Å². The van der Waals surface area contributed by atoms with Gasteiger partial charge in [0, 0.05) is 28.9 Å². The van der Waals surface area contributed by atoms with E-state index < -0.39 is 17.4 Å². The van der Waals surface area contributed by atoms with Crippen LogP contribution >= 0.6 is 0 Å². The van der Waals surface area contributed by atoms with Crippen LogP contribution in [0.4, 0.5) is 14.6 Å². The summed E-state index contributed by atoms with van der Waals surface area (Å²) in [6.45, 7) is 0. The van der Waals surface area contributed by atoms with Crippen LogP contribution in [0.15, 0.2) is 66.1 Å². The first-order valence-corrected chi connectivity index (χ1v) is 11.5. The van der Waals surface area contributed by atoms with Crippen molar-refractivity contribution in [3.05, 3.63) is 72.3 Å². The van der Waals surface area contributed by atoms with Crippen LogP contribution in [-0.2, 0) is 11.0 Å². The molecular weight excluding hydrogens is 446 g/mol. The summed E-state index contributed by atoms with van der Waals surface area (Å²) in [6.07, 6.45) is 3.84. The zero-order valence-electron chi connectivity index (χ0n) is 17.7. The third kappa shape index (κ3) is 4.28. The number of nitrogens with zero attached hydrogens (tertiary/aromatic N) is 3. The Morgan fingerprint density at radius 1 is 1.09 bits per heavy atom. The number of hydrogen-bond donors (Lipinski definition) is 1. The maximum absolute atomic E-state index is 13.7. The number of fused-ring (bicyclic) bond motifs is 1. The van der Waals surface area contributed by atoms with Gasteiger partial charge in [-0.1, -0.05) is 6.07 Å². The lowest BCUT2D eigenvalue weighted by Gasteiger charge is -2.16. The number of alkyl halides is 2. The van der Waals surface area contributed by atoms with E-state index in [9.17, 15) is 13.0 Å². The van der Waals surface area contributed by atoms with Crippen molar-refractivity contribution in [2.45, 2.75) is 30.1 Å². The van der Waals surface area contributed by atoms with E-state index in [1.54, 1.807) is 30.6 Å². The number of nitrogens with one attached hydrogen (secondary N) is 1. The zero-order valence-corrected chi connectivity index (χ0v) is 18.5. The normalized spacial score (nSPS) is 14.4. The van der Waals surface area contributed by atoms with Gasteiger partial charge in [-0.15, -0.1) is 0 Å². The van der Waals surface area contributed by atoms with Crippen LogP contribution in [0.25, 0.3) is 22.0 Å². The monoisotopic (exact) mass is 466 g/mol. The van der Waals surface area contributed by atoms with E-state index in [0.29, 0.717) is 33.3 Å². The molecule has 1 unspecified atom stereocenters.